The summed E-state index contributed by atoms with van der Waals surface area (Å²) in [6.45, 7) is 3.79. The zero-order valence-electron chi connectivity index (χ0n) is 17.5. The van der Waals surface area contributed by atoms with E-state index in [4.69, 9.17) is 11.6 Å². The second kappa shape index (κ2) is 9.68. The Hall–Kier alpha value is -2.30. The first-order valence-corrected chi connectivity index (χ1v) is 12.8. The standard InChI is InChI=1S/C22H23ClN4O3S2/c1-16-2-8-19(9-3-16)32(29,30)27-12-10-26(11-13-27)14-21(28)25-22-24-20(15-31-22)17-4-6-18(23)7-5-17/h2-9,15H,10-14H2,1H3,(H,24,25,28). The maximum absolute atomic E-state index is 12.8. The molecular formula is C22H23ClN4O3S2. The van der Waals surface area contributed by atoms with Gasteiger partial charge in [-0.2, -0.15) is 4.31 Å². The highest BCUT2D eigenvalue weighted by molar-refractivity contribution is 7.89. The van der Waals surface area contributed by atoms with Gasteiger partial charge in [0, 0.05) is 42.1 Å². The van der Waals surface area contributed by atoms with Gasteiger partial charge in [-0.25, -0.2) is 13.4 Å². The van der Waals surface area contributed by atoms with Gasteiger partial charge in [0.25, 0.3) is 0 Å². The van der Waals surface area contributed by atoms with Crippen molar-refractivity contribution in [2.45, 2.75) is 11.8 Å². The van der Waals surface area contributed by atoms with Gasteiger partial charge >= 0.3 is 0 Å². The second-order valence-corrected chi connectivity index (χ2v) is 10.8. The van der Waals surface area contributed by atoms with Crippen molar-refractivity contribution in [3.05, 3.63) is 64.5 Å². The van der Waals surface area contributed by atoms with E-state index in [1.165, 1.54) is 15.6 Å². The highest BCUT2D eigenvalue weighted by Gasteiger charge is 2.29. The average molecular weight is 491 g/mol. The van der Waals surface area contributed by atoms with Crippen LogP contribution in [0.1, 0.15) is 5.56 Å². The lowest BCUT2D eigenvalue weighted by molar-refractivity contribution is -0.117. The molecule has 0 atom stereocenters. The Kier molecular flexibility index (Phi) is 6.92. The Morgan fingerprint density at radius 2 is 1.72 bits per heavy atom. The van der Waals surface area contributed by atoms with Crippen LogP contribution in [0.4, 0.5) is 5.13 Å². The van der Waals surface area contributed by atoms with E-state index in [0.717, 1.165) is 16.8 Å². The maximum atomic E-state index is 12.8. The number of hydrogen-bond donors (Lipinski definition) is 1. The average Bonchev–Trinajstić information content (AvgIpc) is 3.23. The molecule has 0 saturated carbocycles. The van der Waals surface area contributed by atoms with E-state index in [2.05, 4.69) is 10.3 Å². The van der Waals surface area contributed by atoms with Crippen LogP contribution in [0.25, 0.3) is 11.3 Å². The third-order valence-corrected chi connectivity index (χ3v) is 8.17. The minimum absolute atomic E-state index is 0.170. The van der Waals surface area contributed by atoms with E-state index in [1.54, 1.807) is 36.4 Å². The molecule has 1 N–H and O–H groups in total. The molecule has 168 valence electrons. The first-order valence-electron chi connectivity index (χ1n) is 10.1. The van der Waals surface area contributed by atoms with E-state index < -0.39 is 10.0 Å². The molecule has 1 aliphatic rings. The molecule has 0 spiro atoms. The SMILES string of the molecule is Cc1ccc(S(=O)(=O)N2CCN(CC(=O)Nc3nc(-c4ccc(Cl)cc4)cs3)CC2)cc1. The third-order valence-electron chi connectivity index (χ3n) is 5.25. The molecule has 3 aromatic rings. The van der Waals surface area contributed by atoms with Crippen LogP contribution in [0, 0.1) is 6.92 Å². The van der Waals surface area contributed by atoms with E-state index in [1.807, 2.05) is 29.3 Å². The molecule has 0 unspecified atom stereocenters. The number of hydrogen-bond acceptors (Lipinski definition) is 6. The van der Waals surface area contributed by atoms with E-state index in [9.17, 15) is 13.2 Å². The van der Waals surface area contributed by atoms with Crippen LogP contribution in [0.2, 0.25) is 5.02 Å². The fourth-order valence-corrected chi connectivity index (χ4v) is 5.72. The number of carbonyl (C=O) groups is 1. The minimum Gasteiger partial charge on any atom is -0.301 e. The fourth-order valence-electron chi connectivity index (χ4n) is 3.43. The summed E-state index contributed by atoms with van der Waals surface area (Å²) in [6.07, 6.45) is 0. The summed E-state index contributed by atoms with van der Waals surface area (Å²) in [4.78, 5) is 19.2. The van der Waals surface area contributed by atoms with Gasteiger partial charge in [-0.3, -0.25) is 9.69 Å². The van der Waals surface area contributed by atoms with Crippen LogP contribution in [0.15, 0.2) is 58.8 Å². The number of carbonyl (C=O) groups excluding carboxylic acids is 1. The van der Waals surface area contributed by atoms with Gasteiger partial charge in [-0.05, 0) is 31.2 Å². The van der Waals surface area contributed by atoms with Gasteiger partial charge in [-0.1, -0.05) is 41.4 Å². The van der Waals surface area contributed by atoms with Gasteiger partial charge in [-0.15, -0.1) is 11.3 Å². The summed E-state index contributed by atoms with van der Waals surface area (Å²) in [5.41, 5.74) is 2.72. The third kappa shape index (κ3) is 5.36. The molecule has 2 aromatic carbocycles. The fraction of sp³-hybridized carbons (Fsp3) is 0.273. The van der Waals surface area contributed by atoms with Crippen molar-refractivity contribution >= 4 is 44.0 Å². The van der Waals surface area contributed by atoms with Crippen molar-refractivity contribution in [2.24, 2.45) is 0 Å². The number of aromatic nitrogens is 1. The quantitative estimate of drug-likeness (QED) is 0.569. The van der Waals surface area contributed by atoms with E-state index >= 15 is 0 Å². The Balaban J connectivity index is 1.29. The maximum Gasteiger partial charge on any atom is 0.243 e. The number of amides is 1. The topological polar surface area (TPSA) is 82.6 Å². The second-order valence-electron chi connectivity index (χ2n) is 7.59. The number of nitrogens with one attached hydrogen (secondary N) is 1. The summed E-state index contributed by atoms with van der Waals surface area (Å²) < 4.78 is 27.1. The number of sulfonamides is 1. The minimum atomic E-state index is -3.52. The van der Waals surface area contributed by atoms with Crippen LogP contribution in [0.3, 0.4) is 0 Å². The Morgan fingerprint density at radius 1 is 1.06 bits per heavy atom. The molecule has 32 heavy (non-hydrogen) atoms. The molecule has 10 heteroatoms. The summed E-state index contributed by atoms with van der Waals surface area (Å²) in [6, 6.07) is 14.2. The molecule has 1 aromatic heterocycles. The van der Waals surface area contributed by atoms with Crippen LogP contribution in [-0.4, -0.2) is 61.2 Å². The number of piperazine rings is 1. The lowest BCUT2D eigenvalue weighted by Gasteiger charge is -2.33. The predicted molar refractivity (Wildman–Crippen MR) is 128 cm³/mol. The first kappa shape index (κ1) is 22.9. The molecule has 0 aliphatic carbocycles. The highest BCUT2D eigenvalue weighted by atomic mass is 35.5. The number of halogens is 1. The van der Waals surface area contributed by atoms with Gasteiger partial charge < -0.3 is 5.32 Å². The predicted octanol–water partition coefficient (Wildman–Crippen LogP) is 3.72. The van der Waals surface area contributed by atoms with Crippen LogP contribution < -0.4 is 5.32 Å². The molecule has 1 fully saturated rings. The summed E-state index contributed by atoms with van der Waals surface area (Å²) in [5, 5.41) is 5.90. The highest BCUT2D eigenvalue weighted by Crippen LogP contribution is 2.26. The number of rotatable bonds is 6. The number of benzene rings is 2. The zero-order valence-corrected chi connectivity index (χ0v) is 19.9. The summed E-state index contributed by atoms with van der Waals surface area (Å²) in [7, 11) is -3.52. The molecule has 2 heterocycles. The van der Waals surface area contributed by atoms with Crippen molar-refractivity contribution in [1.82, 2.24) is 14.2 Å². The molecule has 7 nitrogen and oxygen atoms in total. The summed E-state index contributed by atoms with van der Waals surface area (Å²) >= 11 is 7.28. The molecule has 1 amide bonds. The van der Waals surface area contributed by atoms with Crippen LogP contribution in [0.5, 0.6) is 0 Å². The lowest BCUT2D eigenvalue weighted by Crippen LogP contribution is -2.50. The molecule has 1 saturated heterocycles. The molecular weight excluding hydrogens is 468 g/mol. The van der Waals surface area contributed by atoms with Gasteiger partial charge in [0.1, 0.15) is 0 Å². The monoisotopic (exact) mass is 490 g/mol. The number of aryl methyl sites for hydroxylation is 1. The Labute approximate surface area is 196 Å². The van der Waals surface area contributed by atoms with E-state index in [-0.39, 0.29) is 12.5 Å². The van der Waals surface area contributed by atoms with E-state index in [0.29, 0.717) is 41.2 Å². The zero-order chi connectivity index (χ0) is 22.7. The largest absolute Gasteiger partial charge is 0.301 e. The van der Waals surface area contributed by atoms with Crippen molar-refractivity contribution in [1.29, 1.82) is 0 Å². The van der Waals surface area contributed by atoms with Crippen molar-refractivity contribution in [3.63, 3.8) is 0 Å². The molecule has 0 bridgehead atoms. The van der Waals surface area contributed by atoms with Crippen LogP contribution in [-0.2, 0) is 14.8 Å². The number of anilines is 1. The van der Waals surface area contributed by atoms with Crippen molar-refractivity contribution in [2.75, 3.05) is 38.0 Å². The van der Waals surface area contributed by atoms with Crippen molar-refractivity contribution < 1.29 is 13.2 Å². The molecule has 4 rings (SSSR count). The molecule has 0 radical (unpaired) electrons. The van der Waals surface area contributed by atoms with Crippen molar-refractivity contribution in [3.8, 4) is 11.3 Å². The van der Waals surface area contributed by atoms with Crippen LogP contribution >= 0.6 is 22.9 Å². The van der Waals surface area contributed by atoms with Gasteiger partial charge in [0.15, 0.2) is 5.13 Å². The Morgan fingerprint density at radius 3 is 2.38 bits per heavy atom. The number of nitrogens with zero attached hydrogens (tertiary/aromatic N) is 3. The van der Waals surface area contributed by atoms with Gasteiger partial charge in [0.2, 0.25) is 15.9 Å². The normalized spacial score (nSPS) is 15.6. The summed E-state index contributed by atoms with van der Waals surface area (Å²) in [5.74, 6) is -0.170. The smallest absolute Gasteiger partial charge is 0.243 e. The van der Waals surface area contributed by atoms with Gasteiger partial charge in [0.05, 0.1) is 17.1 Å². The lowest BCUT2D eigenvalue weighted by atomic mass is 10.2. The Bertz CT molecular complexity index is 1190. The number of thiazole rings is 1. The molecule has 1 aliphatic heterocycles. The first-order chi connectivity index (χ1) is 15.3.